The molecular formula is C18H21ClN2O. The number of hydrogen-bond acceptors (Lipinski definition) is 1. The molecule has 2 rings (SSSR count). The summed E-state index contributed by atoms with van der Waals surface area (Å²) in [7, 11) is 0. The number of rotatable bonds is 6. The van der Waals surface area contributed by atoms with Gasteiger partial charge in [-0.15, -0.1) is 0 Å². The van der Waals surface area contributed by atoms with Crippen molar-refractivity contribution in [3.63, 3.8) is 0 Å². The number of nitrogens with one attached hydrogen (secondary N) is 2. The van der Waals surface area contributed by atoms with Crippen molar-refractivity contribution in [2.75, 3.05) is 0 Å². The molecule has 3 nitrogen and oxygen atoms in total. The van der Waals surface area contributed by atoms with Gasteiger partial charge in [-0.25, -0.2) is 4.79 Å². The molecule has 0 aliphatic heterocycles. The van der Waals surface area contributed by atoms with Crippen molar-refractivity contribution in [2.24, 2.45) is 0 Å². The number of amides is 2. The van der Waals surface area contributed by atoms with Crippen LogP contribution >= 0.6 is 11.6 Å². The summed E-state index contributed by atoms with van der Waals surface area (Å²) in [5.74, 6) is 0. The average molecular weight is 317 g/mol. The summed E-state index contributed by atoms with van der Waals surface area (Å²) >= 11 is 5.92. The molecule has 116 valence electrons. The highest BCUT2D eigenvalue weighted by Gasteiger charge is 2.07. The number of urea groups is 1. The third kappa shape index (κ3) is 5.78. The molecule has 1 atom stereocenters. The fourth-order valence-electron chi connectivity index (χ4n) is 2.20. The van der Waals surface area contributed by atoms with E-state index in [0.29, 0.717) is 11.6 Å². The van der Waals surface area contributed by atoms with E-state index < -0.39 is 0 Å². The average Bonchev–Trinajstić information content (AvgIpc) is 2.52. The largest absolute Gasteiger partial charge is 0.336 e. The second-order valence-corrected chi connectivity index (χ2v) is 5.82. The molecule has 0 spiro atoms. The maximum Gasteiger partial charge on any atom is 0.315 e. The van der Waals surface area contributed by atoms with Crippen molar-refractivity contribution in [1.29, 1.82) is 0 Å². The van der Waals surface area contributed by atoms with E-state index in [2.05, 4.69) is 22.8 Å². The van der Waals surface area contributed by atoms with Gasteiger partial charge in [0.05, 0.1) is 0 Å². The van der Waals surface area contributed by atoms with E-state index >= 15 is 0 Å². The first kappa shape index (κ1) is 16.4. The lowest BCUT2D eigenvalue weighted by Gasteiger charge is -2.14. The number of carbonyl (C=O) groups excluding carboxylic acids is 1. The first-order valence-corrected chi connectivity index (χ1v) is 7.84. The van der Waals surface area contributed by atoms with Crippen LogP contribution in [0, 0.1) is 0 Å². The maximum absolute atomic E-state index is 11.9. The Labute approximate surface area is 136 Å². The molecule has 22 heavy (non-hydrogen) atoms. The van der Waals surface area contributed by atoms with Gasteiger partial charge in [0.15, 0.2) is 0 Å². The van der Waals surface area contributed by atoms with Crippen LogP contribution in [0.25, 0.3) is 0 Å². The van der Waals surface area contributed by atoms with E-state index in [1.807, 2.05) is 49.4 Å². The molecule has 0 saturated heterocycles. The first-order valence-electron chi connectivity index (χ1n) is 7.46. The van der Waals surface area contributed by atoms with E-state index in [1.54, 1.807) is 0 Å². The normalized spacial score (nSPS) is 11.7. The Bertz CT molecular complexity index is 601. The van der Waals surface area contributed by atoms with Gasteiger partial charge in [-0.05, 0) is 43.0 Å². The smallest absolute Gasteiger partial charge is 0.315 e. The molecule has 0 fully saturated rings. The summed E-state index contributed by atoms with van der Waals surface area (Å²) in [6, 6.07) is 17.7. The summed E-state index contributed by atoms with van der Waals surface area (Å²) in [6.07, 6.45) is 1.87. The zero-order valence-corrected chi connectivity index (χ0v) is 13.4. The molecule has 2 aromatic carbocycles. The third-order valence-corrected chi connectivity index (χ3v) is 3.66. The molecule has 0 radical (unpaired) electrons. The fraction of sp³-hybridized carbons (Fsp3) is 0.278. The number of benzene rings is 2. The van der Waals surface area contributed by atoms with Crippen molar-refractivity contribution < 1.29 is 4.79 Å². The Hall–Kier alpha value is -2.00. The van der Waals surface area contributed by atoms with Crippen LogP contribution < -0.4 is 10.6 Å². The lowest BCUT2D eigenvalue weighted by Crippen LogP contribution is -2.40. The van der Waals surface area contributed by atoms with E-state index in [9.17, 15) is 4.79 Å². The van der Waals surface area contributed by atoms with Crippen LogP contribution in [0.15, 0.2) is 54.6 Å². The highest BCUT2D eigenvalue weighted by molar-refractivity contribution is 6.30. The van der Waals surface area contributed by atoms with Crippen LogP contribution in [0.5, 0.6) is 0 Å². The Morgan fingerprint density at radius 3 is 2.55 bits per heavy atom. The highest BCUT2D eigenvalue weighted by atomic mass is 35.5. The Morgan fingerprint density at radius 2 is 1.82 bits per heavy atom. The Kier molecular flexibility index (Phi) is 6.28. The Balaban J connectivity index is 1.70. The molecule has 0 bridgehead atoms. The summed E-state index contributed by atoms with van der Waals surface area (Å²) < 4.78 is 0. The van der Waals surface area contributed by atoms with Crippen LogP contribution in [0.3, 0.4) is 0 Å². The third-order valence-electron chi connectivity index (χ3n) is 3.43. The van der Waals surface area contributed by atoms with Gasteiger partial charge in [0.25, 0.3) is 0 Å². The molecule has 0 aliphatic carbocycles. The second kappa shape index (κ2) is 8.44. The molecule has 2 aromatic rings. The standard InChI is InChI=1S/C18H21ClN2O/c1-14(10-11-15-6-3-2-4-7-15)21-18(22)20-13-16-8-5-9-17(19)12-16/h2-9,12,14H,10-11,13H2,1H3,(H2,20,21,22). The van der Waals surface area contributed by atoms with Crippen molar-refractivity contribution in [3.8, 4) is 0 Å². The molecule has 0 aromatic heterocycles. The van der Waals surface area contributed by atoms with Crippen LogP contribution in [0.4, 0.5) is 4.79 Å². The minimum Gasteiger partial charge on any atom is -0.336 e. The number of hydrogen-bond donors (Lipinski definition) is 2. The number of halogens is 1. The van der Waals surface area contributed by atoms with Gasteiger partial charge in [0, 0.05) is 17.6 Å². The van der Waals surface area contributed by atoms with Crippen LogP contribution in [-0.4, -0.2) is 12.1 Å². The maximum atomic E-state index is 11.9. The molecule has 0 heterocycles. The monoisotopic (exact) mass is 316 g/mol. The van der Waals surface area contributed by atoms with Gasteiger partial charge in [0.2, 0.25) is 0 Å². The SMILES string of the molecule is CC(CCc1ccccc1)NC(=O)NCc1cccc(Cl)c1. The van der Waals surface area contributed by atoms with Gasteiger partial charge in [-0.3, -0.25) is 0 Å². The molecular weight excluding hydrogens is 296 g/mol. The predicted octanol–water partition coefficient (Wildman–Crippen LogP) is 4.16. The molecule has 0 aliphatic rings. The molecule has 2 amide bonds. The quantitative estimate of drug-likeness (QED) is 0.825. The summed E-state index contributed by atoms with van der Waals surface area (Å²) in [5, 5.41) is 6.48. The molecule has 2 N–H and O–H groups in total. The number of carbonyl (C=O) groups is 1. The number of aryl methyl sites for hydroxylation is 1. The van der Waals surface area contributed by atoms with Crippen molar-refractivity contribution in [3.05, 3.63) is 70.7 Å². The van der Waals surface area contributed by atoms with Crippen LogP contribution in [0.2, 0.25) is 5.02 Å². The summed E-state index contributed by atoms with van der Waals surface area (Å²) in [4.78, 5) is 11.9. The van der Waals surface area contributed by atoms with Crippen molar-refractivity contribution >= 4 is 17.6 Å². The summed E-state index contributed by atoms with van der Waals surface area (Å²) in [6.45, 7) is 2.49. The fourth-order valence-corrected chi connectivity index (χ4v) is 2.42. The molecule has 1 unspecified atom stereocenters. The van der Waals surface area contributed by atoms with Gasteiger partial charge in [-0.1, -0.05) is 54.1 Å². The van der Waals surface area contributed by atoms with Crippen LogP contribution in [0.1, 0.15) is 24.5 Å². The highest BCUT2D eigenvalue weighted by Crippen LogP contribution is 2.10. The second-order valence-electron chi connectivity index (χ2n) is 5.38. The minimum absolute atomic E-state index is 0.125. The van der Waals surface area contributed by atoms with Crippen LogP contribution in [-0.2, 0) is 13.0 Å². The predicted molar refractivity (Wildman–Crippen MR) is 91.0 cm³/mol. The zero-order valence-electron chi connectivity index (χ0n) is 12.7. The minimum atomic E-state index is -0.152. The van der Waals surface area contributed by atoms with Crippen molar-refractivity contribution in [2.45, 2.75) is 32.4 Å². The molecule has 0 saturated carbocycles. The van der Waals surface area contributed by atoms with E-state index in [1.165, 1.54) is 5.56 Å². The van der Waals surface area contributed by atoms with Crippen molar-refractivity contribution in [1.82, 2.24) is 10.6 Å². The first-order chi connectivity index (χ1) is 10.6. The van der Waals surface area contributed by atoms with E-state index in [-0.39, 0.29) is 12.1 Å². The van der Waals surface area contributed by atoms with E-state index in [0.717, 1.165) is 18.4 Å². The van der Waals surface area contributed by atoms with Gasteiger partial charge in [0.1, 0.15) is 0 Å². The van der Waals surface area contributed by atoms with E-state index in [4.69, 9.17) is 11.6 Å². The lowest BCUT2D eigenvalue weighted by atomic mass is 10.1. The molecule has 4 heteroatoms. The van der Waals surface area contributed by atoms with Gasteiger partial charge >= 0.3 is 6.03 Å². The topological polar surface area (TPSA) is 41.1 Å². The summed E-state index contributed by atoms with van der Waals surface area (Å²) in [5.41, 5.74) is 2.27. The van der Waals surface area contributed by atoms with Gasteiger partial charge < -0.3 is 10.6 Å². The van der Waals surface area contributed by atoms with Gasteiger partial charge in [-0.2, -0.15) is 0 Å². The Morgan fingerprint density at radius 1 is 1.09 bits per heavy atom. The zero-order chi connectivity index (χ0) is 15.8. The lowest BCUT2D eigenvalue weighted by molar-refractivity contribution is 0.237.